The fourth-order valence-corrected chi connectivity index (χ4v) is 3.05. The first-order valence-electron chi connectivity index (χ1n) is 14.3. The van der Waals surface area contributed by atoms with E-state index < -0.39 is 56.4 Å². The lowest BCUT2D eigenvalue weighted by atomic mass is 9.84. The summed E-state index contributed by atoms with van der Waals surface area (Å²) in [5.41, 5.74) is 6.64. The zero-order valence-electron chi connectivity index (χ0n) is 26.5. The van der Waals surface area contributed by atoms with Crippen LogP contribution >= 0.6 is 11.6 Å². The number of primary amides is 1. The average Bonchev–Trinajstić information content (AvgIpc) is 2.78. The van der Waals surface area contributed by atoms with Gasteiger partial charge in [0.2, 0.25) is 0 Å². The van der Waals surface area contributed by atoms with Crippen molar-refractivity contribution in [2.75, 3.05) is 37.6 Å². The van der Waals surface area contributed by atoms with Crippen LogP contribution in [0.2, 0.25) is 5.02 Å². The molecule has 5 nitrogen and oxygen atoms in total. The van der Waals surface area contributed by atoms with E-state index >= 15 is 0 Å². The van der Waals surface area contributed by atoms with E-state index in [0.717, 1.165) is 11.3 Å². The minimum Gasteiger partial charge on any atom is -0.368 e. The molecule has 1 heterocycles. The number of anilines is 1. The summed E-state index contributed by atoms with van der Waals surface area (Å²) in [5, 5.41) is 2.06. The fraction of sp³-hybridized carbons (Fsp3) is 0.650. The zero-order chi connectivity index (χ0) is 29.3. The molecule has 2 fully saturated rings. The number of aryl methyl sites for hydroxylation is 1. The molecule has 1 aromatic carbocycles. The molecule has 1 aliphatic carbocycles. The maximum atomic E-state index is 11.5. The molecule has 2 aliphatic rings. The van der Waals surface area contributed by atoms with E-state index in [9.17, 15) is 4.79 Å². The van der Waals surface area contributed by atoms with Crippen molar-refractivity contribution in [1.29, 1.82) is 0 Å². The first kappa shape index (κ1) is 9.16. The molecule has 0 bridgehead atoms. The molecule has 0 aromatic heterocycles. The third-order valence-electron chi connectivity index (χ3n) is 4.24. The third-order valence-corrected chi connectivity index (χ3v) is 4.73. The second-order valence-electron chi connectivity index (χ2n) is 6.09. The van der Waals surface area contributed by atoms with Gasteiger partial charge in [0.1, 0.15) is 0 Å². The number of rotatable bonds is 5. The minimum absolute atomic E-state index is 0.220. The van der Waals surface area contributed by atoms with E-state index in [4.69, 9.17) is 33.8 Å². The van der Waals surface area contributed by atoms with Gasteiger partial charge in [-0.3, -0.25) is 4.90 Å². The second kappa shape index (κ2) is 8.96. The smallest absolute Gasteiger partial charge is 0.312 e. The summed E-state index contributed by atoms with van der Waals surface area (Å²) >= 11 is 6.42. The maximum Gasteiger partial charge on any atom is 0.312 e. The Hall–Kier alpha value is -1.46. The van der Waals surface area contributed by atoms with Crippen LogP contribution in [0, 0.1) is 12.8 Å². The number of piperazine rings is 1. The molecule has 1 aliphatic heterocycles. The molecule has 0 unspecified atom stereocenters. The quantitative estimate of drug-likeness (QED) is 0.810. The summed E-state index contributed by atoms with van der Waals surface area (Å²) in [5.74, 6) is -3.71. The maximum absolute atomic E-state index is 11.5. The van der Waals surface area contributed by atoms with Crippen molar-refractivity contribution in [3.63, 3.8) is 0 Å². The standard InChI is InChI=1S/C20H31ClN4O/c1-15-3-2-4-18(19(15)21)25-13-11-24(12-14-25)10-9-16-5-7-17(8-6-16)23-20(22)26/h2-4,16-17H,5-14H2,1H3,(H3,22,23,26)/i5D2,6D2,7D2,8D2,9D2,16D,17D. The molecule has 6 heteroatoms. The lowest BCUT2D eigenvalue weighted by Gasteiger charge is -2.37. The Labute approximate surface area is 178 Å². The molecule has 3 rings (SSSR count). The van der Waals surface area contributed by atoms with Crippen LogP contribution in [0.15, 0.2) is 18.2 Å². The summed E-state index contributed by atoms with van der Waals surface area (Å²) < 4.78 is 102. The molecule has 1 saturated carbocycles. The number of hydrogen-bond donors (Lipinski definition) is 2. The van der Waals surface area contributed by atoms with Crippen molar-refractivity contribution in [2.24, 2.45) is 11.6 Å². The number of urea groups is 1. The van der Waals surface area contributed by atoms with Crippen molar-refractivity contribution in [3.8, 4) is 0 Å². The monoisotopic (exact) mass is 390 g/mol. The van der Waals surface area contributed by atoms with Crippen LogP contribution in [0.4, 0.5) is 10.5 Å². The molecule has 0 spiro atoms. The number of nitrogens with two attached hydrogens (primary N) is 1. The molecule has 2 amide bonds. The minimum atomic E-state index is -3.82. The van der Waals surface area contributed by atoms with Crippen LogP contribution in [0.25, 0.3) is 0 Å². The summed E-state index contributed by atoms with van der Waals surface area (Å²) in [6.45, 7) is 2.34. The number of benzene rings is 1. The Morgan fingerprint density at radius 1 is 1.35 bits per heavy atom. The molecule has 1 aromatic rings. The normalized spacial score (nSPS) is 45.2. The van der Waals surface area contributed by atoms with E-state index in [2.05, 4.69) is 0 Å². The van der Waals surface area contributed by atoms with Crippen LogP contribution in [0.3, 0.4) is 0 Å². The van der Waals surface area contributed by atoms with Crippen molar-refractivity contribution < 1.29 is 21.2 Å². The molecule has 26 heavy (non-hydrogen) atoms. The Bertz CT molecular complexity index is 1070. The molecular formula is C20H31ClN4O. The van der Waals surface area contributed by atoms with Gasteiger partial charge in [0, 0.05) is 47.3 Å². The predicted molar refractivity (Wildman–Crippen MR) is 108 cm³/mol. The summed E-state index contributed by atoms with van der Waals surface area (Å²) in [4.78, 5) is 15.0. The molecule has 144 valence electrons. The van der Waals surface area contributed by atoms with Crippen LogP contribution in [-0.4, -0.2) is 49.7 Å². The van der Waals surface area contributed by atoms with Crippen molar-refractivity contribution in [1.82, 2.24) is 10.2 Å². The van der Waals surface area contributed by atoms with Gasteiger partial charge < -0.3 is 16.0 Å². The first-order chi connectivity index (χ1) is 17.0. The van der Waals surface area contributed by atoms with Crippen molar-refractivity contribution >= 4 is 23.3 Å². The fourth-order valence-electron chi connectivity index (χ4n) is 2.80. The predicted octanol–water partition coefficient (Wildman–Crippen LogP) is 3.39. The van der Waals surface area contributed by atoms with E-state index in [1.165, 1.54) is 10.2 Å². The number of halogens is 1. The van der Waals surface area contributed by atoms with Gasteiger partial charge >= 0.3 is 6.03 Å². The van der Waals surface area contributed by atoms with E-state index in [0.29, 0.717) is 18.1 Å². The number of amides is 2. The van der Waals surface area contributed by atoms with Gasteiger partial charge in [-0.25, -0.2) is 4.79 Å². The average molecular weight is 391 g/mol. The Morgan fingerprint density at radius 3 is 2.69 bits per heavy atom. The van der Waals surface area contributed by atoms with Gasteiger partial charge in [0.25, 0.3) is 0 Å². The number of nitrogens with one attached hydrogen (secondary N) is 1. The third kappa shape index (κ3) is 5.04. The number of nitrogens with zero attached hydrogens (tertiary/aromatic N) is 2. The zero-order valence-corrected chi connectivity index (χ0v) is 15.3. The SMILES string of the molecule is [2H]C([2H])(CN1CCN(c2cccc(C)c2Cl)CC1)C1([2H])C([2H])([2H])C([2H])([2H])C([2H])(NC(N)=O)C([2H])([2H])C1([2H])[2H]. The molecule has 0 radical (unpaired) electrons. The van der Waals surface area contributed by atoms with Gasteiger partial charge in [0.05, 0.1) is 12.1 Å². The highest BCUT2D eigenvalue weighted by Crippen LogP contribution is 2.30. The largest absolute Gasteiger partial charge is 0.368 e. The molecule has 1 saturated heterocycles. The van der Waals surface area contributed by atoms with Crippen molar-refractivity contribution in [2.45, 2.75) is 44.8 Å². The van der Waals surface area contributed by atoms with Crippen LogP contribution in [0.5, 0.6) is 0 Å². The van der Waals surface area contributed by atoms with Crippen LogP contribution in [-0.2, 0) is 0 Å². The lowest BCUT2D eigenvalue weighted by Crippen LogP contribution is -2.47. The highest BCUT2D eigenvalue weighted by Gasteiger charge is 2.24. The Balaban J connectivity index is 1.96. The lowest BCUT2D eigenvalue weighted by molar-refractivity contribution is 0.207. The van der Waals surface area contributed by atoms with Crippen molar-refractivity contribution in [3.05, 3.63) is 28.8 Å². The van der Waals surface area contributed by atoms with E-state index in [-0.39, 0.29) is 13.1 Å². The van der Waals surface area contributed by atoms with Crippen LogP contribution in [0.1, 0.15) is 53.9 Å². The van der Waals surface area contributed by atoms with E-state index in [1.807, 2.05) is 30.0 Å². The molecule has 3 N–H and O–H groups in total. The highest BCUT2D eigenvalue weighted by molar-refractivity contribution is 6.34. The van der Waals surface area contributed by atoms with Crippen LogP contribution < -0.4 is 16.0 Å². The van der Waals surface area contributed by atoms with Gasteiger partial charge in [-0.1, -0.05) is 23.7 Å². The topological polar surface area (TPSA) is 61.6 Å². The number of hydrogen-bond acceptors (Lipinski definition) is 3. The van der Waals surface area contributed by atoms with Gasteiger partial charge in [-0.2, -0.15) is 0 Å². The summed E-state index contributed by atoms with van der Waals surface area (Å²) in [6.07, 6.45) is -18.4. The molecule has 0 atom stereocenters. The number of carbonyl (C=O) groups is 1. The Morgan fingerprint density at radius 2 is 2.04 bits per heavy atom. The van der Waals surface area contributed by atoms with Gasteiger partial charge in [-0.15, -0.1) is 0 Å². The van der Waals surface area contributed by atoms with Gasteiger partial charge in [-0.05, 0) is 62.9 Å². The van der Waals surface area contributed by atoms with Gasteiger partial charge in [0.15, 0.2) is 0 Å². The molecular weight excluding hydrogens is 348 g/mol. The Kier molecular flexibility index (Phi) is 3.15. The highest BCUT2D eigenvalue weighted by atomic mass is 35.5. The summed E-state index contributed by atoms with van der Waals surface area (Å²) in [6, 6.07) is 0.313. The first-order valence-corrected chi connectivity index (χ1v) is 8.71. The second-order valence-corrected chi connectivity index (χ2v) is 6.47. The van der Waals surface area contributed by atoms with E-state index in [1.54, 1.807) is 0 Å². The summed E-state index contributed by atoms with van der Waals surface area (Å²) in [7, 11) is 0. The number of carbonyl (C=O) groups excluding carboxylic acids is 1.